The molecule has 1 fully saturated rings. The Hall–Kier alpha value is -1.43. The molecule has 96 valence electrons. The first-order valence-electron chi connectivity index (χ1n) is 5.84. The van der Waals surface area contributed by atoms with Gasteiger partial charge in [0.05, 0.1) is 12.6 Å². The van der Waals surface area contributed by atoms with Gasteiger partial charge in [-0.2, -0.15) is 0 Å². The van der Waals surface area contributed by atoms with Gasteiger partial charge in [0.25, 0.3) is 0 Å². The van der Waals surface area contributed by atoms with Crippen LogP contribution in [0.2, 0.25) is 0 Å². The number of piperazine rings is 1. The average Bonchev–Trinajstić information content (AvgIpc) is 2.23. The third-order valence-electron chi connectivity index (χ3n) is 2.83. The first-order chi connectivity index (χ1) is 8.04. The molecule has 17 heavy (non-hydrogen) atoms. The number of hydrogen-bond donors (Lipinski definition) is 2. The van der Waals surface area contributed by atoms with Crippen LogP contribution in [0, 0.1) is 0 Å². The number of carboxylic acid groups (broad SMARTS) is 1. The van der Waals surface area contributed by atoms with Crippen LogP contribution in [0.25, 0.3) is 0 Å². The molecule has 0 spiro atoms. The molecule has 0 bridgehead atoms. The van der Waals surface area contributed by atoms with Crippen LogP contribution in [0.5, 0.6) is 0 Å². The van der Waals surface area contributed by atoms with Crippen LogP contribution in [0.1, 0.15) is 32.6 Å². The van der Waals surface area contributed by atoms with Gasteiger partial charge in [-0.25, -0.2) is 0 Å². The molecular formula is C11H18N2O4. The van der Waals surface area contributed by atoms with E-state index < -0.39 is 5.97 Å². The maximum Gasteiger partial charge on any atom is 0.303 e. The molecule has 0 aromatic rings. The molecule has 1 atom stereocenters. The number of hydrogen-bond acceptors (Lipinski definition) is 4. The van der Waals surface area contributed by atoms with E-state index in [2.05, 4.69) is 5.32 Å². The SMILES string of the molecule is CCC1C(=O)NC(=O)CN1CCCCC(=O)O. The molecule has 0 aromatic heterocycles. The van der Waals surface area contributed by atoms with Crippen molar-refractivity contribution in [1.82, 2.24) is 10.2 Å². The predicted octanol–water partition coefficient (Wildman–Crippen LogP) is -0.0217. The van der Waals surface area contributed by atoms with E-state index in [1.165, 1.54) is 0 Å². The number of aliphatic carboxylic acids is 1. The fraction of sp³-hybridized carbons (Fsp3) is 0.727. The number of imide groups is 1. The van der Waals surface area contributed by atoms with Gasteiger partial charge in [-0.3, -0.25) is 24.6 Å². The second-order valence-corrected chi connectivity index (χ2v) is 4.16. The molecule has 0 aromatic carbocycles. The Morgan fingerprint density at radius 2 is 2.18 bits per heavy atom. The molecule has 0 saturated carbocycles. The van der Waals surface area contributed by atoms with Crippen molar-refractivity contribution in [3.63, 3.8) is 0 Å². The normalized spacial score (nSPS) is 21.4. The Labute approximate surface area is 100.0 Å². The summed E-state index contributed by atoms with van der Waals surface area (Å²) < 4.78 is 0. The third-order valence-corrected chi connectivity index (χ3v) is 2.83. The summed E-state index contributed by atoms with van der Waals surface area (Å²) in [5, 5.41) is 10.8. The molecule has 1 rings (SSSR count). The average molecular weight is 242 g/mol. The van der Waals surface area contributed by atoms with Crippen molar-refractivity contribution in [2.24, 2.45) is 0 Å². The first-order valence-corrected chi connectivity index (χ1v) is 5.84. The van der Waals surface area contributed by atoms with E-state index in [0.29, 0.717) is 25.8 Å². The van der Waals surface area contributed by atoms with Gasteiger partial charge in [-0.1, -0.05) is 6.92 Å². The van der Waals surface area contributed by atoms with Crippen molar-refractivity contribution in [3.05, 3.63) is 0 Å². The highest BCUT2D eigenvalue weighted by Gasteiger charge is 2.31. The largest absolute Gasteiger partial charge is 0.481 e. The number of unbranched alkanes of at least 4 members (excludes halogenated alkanes) is 1. The lowest BCUT2D eigenvalue weighted by atomic mass is 10.1. The van der Waals surface area contributed by atoms with Crippen LogP contribution < -0.4 is 5.32 Å². The molecule has 6 heteroatoms. The summed E-state index contributed by atoms with van der Waals surface area (Å²) in [5.74, 6) is -1.34. The Bertz CT molecular complexity index is 317. The fourth-order valence-electron chi connectivity index (χ4n) is 1.99. The number of carbonyl (C=O) groups is 3. The van der Waals surface area contributed by atoms with Crippen molar-refractivity contribution in [3.8, 4) is 0 Å². The zero-order valence-electron chi connectivity index (χ0n) is 9.94. The maximum absolute atomic E-state index is 11.5. The minimum atomic E-state index is -0.815. The summed E-state index contributed by atoms with van der Waals surface area (Å²) in [6, 6.07) is -0.266. The second kappa shape index (κ2) is 6.34. The summed E-state index contributed by atoms with van der Waals surface area (Å²) >= 11 is 0. The molecule has 2 N–H and O–H groups in total. The minimum Gasteiger partial charge on any atom is -0.481 e. The van der Waals surface area contributed by atoms with E-state index in [0.717, 1.165) is 0 Å². The van der Waals surface area contributed by atoms with Crippen molar-refractivity contribution >= 4 is 17.8 Å². The lowest BCUT2D eigenvalue weighted by Crippen LogP contribution is -2.57. The maximum atomic E-state index is 11.5. The third kappa shape index (κ3) is 4.14. The van der Waals surface area contributed by atoms with E-state index in [-0.39, 0.29) is 30.8 Å². The standard InChI is InChI=1S/C11H18N2O4/c1-2-8-11(17)12-9(14)7-13(8)6-4-3-5-10(15)16/h8H,2-7H2,1H3,(H,15,16)(H,12,14,17). The van der Waals surface area contributed by atoms with Crippen LogP contribution in [0.3, 0.4) is 0 Å². The number of amides is 2. The summed E-state index contributed by atoms with van der Waals surface area (Å²) in [7, 11) is 0. The molecule has 1 aliphatic rings. The zero-order valence-corrected chi connectivity index (χ0v) is 9.94. The van der Waals surface area contributed by atoms with Gasteiger partial charge >= 0.3 is 5.97 Å². The minimum absolute atomic E-state index is 0.130. The molecule has 0 aliphatic carbocycles. The Morgan fingerprint density at radius 1 is 1.47 bits per heavy atom. The molecule has 2 amide bonds. The fourth-order valence-corrected chi connectivity index (χ4v) is 1.99. The lowest BCUT2D eigenvalue weighted by Gasteiger charge is -2.33. The van der Waals surface area contributed by atoms with Crippen LogP contribution in [0.15, 0.2) is 0 Å². The van der Waals surface area contributed by atoms with Crippen LogP contribution in [-0.4, -0.2) is 46.9 Å². The topological polar surface area (TPSA) is 86.7 Å². The van der Waals surface area contributed by atoms with Crippen molar-refractivity contribution in [1.29, 1.82) is 0 Å². The van der Waals surface area contributed by atoms with Gasteiger partial charge in [0, 0.05) is 6.42 Å². The number of carboxylic acids is 1. The van der Waals surface area contributed by atoms with Gasteiger partial charge in [-0.05, 0) is 25.8 Å². The van der Waals surface area contributed by atoms with E-state index in [1.807, 2.05) is 11.8 Å². The lowest BCUT2D eigenvalue weighted by molar-refractivity contribution is -0.141. The highest BCUT2D eigenvalue weighted by molar-refractivity contribution is 6.01. The number of nitrogens with zero attached hydrogens (tertiary/aromatic N) is 1. The zero-order chi connectivity index (χ0) is 12.8. The van der Waals surface area contributed by atoms with Crippen molar-refractivity contribution in [2.45, 2.75) is 38.6 Å². The molecular weight excluding hydrogens is 224 g/mol. The second-order valence-electron chi connectivity index (χ2n) is 4.16. The highest BCUT2D eigenvalue weighted by Crippen LogP contribution is 2.10. The van der Waals surface area contributed by atoms with E-state index in [9.17, 15) is 14.4 Å². The van der Waals surface area contributed by atoms with Gasteiger partial charge in [0.15, 0.2) is 0 Å². The van der Waals surface area contributed by atoms with E-state index in [1.54, 1.807) is 0 Å². The van der Waals surface area contributed by atoms with Crippen molar-refractivity contribution < 1.29 is 19.5 Å². The summed E-state index contributed by atoms with van der Waals surface area (Å²) in [6.07, 6.45) is 2.03. The number of rotatable bonds is 6. The summed E-state index contributed by atoms with van der Waals surface area (Å²) in [4.78, 5) is 34.9. The van der Waals surface area contributed by atoms with Gasteiger partial charge in [-0.15, -0.1) is 0 Å². The summed E-state index contributed by atoms with van der Waals surface area (Å²) in [5.41, 5.74) is 0. The molecule has 1 saturated heterocycles. The quantitative estimate of drug-likeness (QED) is 0.505. The van der Waals surface area contributed by atoms with Crippen LogP contribution in [-0.2, 0) is 14.4 Å². The van der Waals surface area contributed by atoms with Crippen LogP contribution in [0.4, 0.5) is 0 Å². The van der Waals surface area contributed by atoms with Gasteiger partial charge in [0.2, 0.25) is 11.8 Å². The predicted molar refractivity (Wildman–Crippen MR) is 60.3 cm³/mol. The van der Waals surface area contributed by atoms with E-state index >= 15 is 0 Å². The van der Waals surface area contributed by atoms with Crippen molar-refractivity contribution in [2.75, 3.05) is 13.1 Å². The van der Waals surface area contributed by atoms with Gasteiger partial charge < -0.3 is 5.11 Å². The molecule has 1 aliphatic heterocycles. The molecule has 1 heterocycles. The number of carbonyl (C=O) groups excluding carboxylic acids is 2. The Balaban J connectivity index is 2.40. The first kappa shape index (κ1) is 13.6. The Kier molecular flexibility index (Phi) is 5.09. The molecule has 0 radical (unpaired) electrons. The number of nitrogens with one attached hydrogen (secondary N) is 1. The summed E-state index contributed by atoms with van der Waals surface area (Å²) in [6.45, 7) is 2.70. The molecule has 6 nitrogen and oxygen atoms in total. The van der Waals surface area contributed by atoms with Gasteiger partial charge in [0.1, 0.15) is 0 Å². The van der Waals surface area contributed by atoms with Crippen LogP contribution >= 0.6 is 0 Å². The smallest absolute Gasteiger partial charge is 0.303 e. The Morgan fingerprint density at radius 3 is 2.76 bits per heavy atom. The van der Waals surface area contributed by atoms with E-state index in [4.69, 9.17) is 5.11 Å². The monoisotopic (exact) mass is 242 g/mol. The molecule has 1 unspecified atom stereocenters. The highest BCUT2D eigenvalue weighted by atomic mass is 16.4.